The molecular weight excluding hydrogens is 438 g/mol. The molecule has 0 saturated carbocycles. The third kappa shape index (κ3) is 4.34. The van der Waals surface area contributed by atoms with Crippen molar-refractivity contribution < 1.29 is 23.9 Å². The number of hydrogen-bond acceptors (Lipinski definition) is 7. The van der Waals surface area contributed by atoms with E-state index in [1.165, 1.54) is 0 Å². The van der Waals surface area contributed by atoms with Crippen molar-refractivity contribution >= 4 is 29.0 Å². The maximum atomic E-state index is 13.1. The highest BCUT2D eigenvalue weighted by Gasteiger charge is 2.34. The highest BCUT2D eigenvalue weighted by Crippen LogP contribution is 2.28. The molecule has 0 fully saturated rings. The Labute approximate surface area is 195 Å². The number of ether oxygens (including phenoxy) is 2. The summed E-state index contributed by atoms with van der Waals surface area (Å²) in [6.07, 6.45) is 0. The number of carbonyl (C=O) groups excluding carboxylic acids is 3. The molecule has 0 radical (unpaired) electrons. The number of amides is 2. The minimum absolute atomic E-state index is 0.152. The summed E-state index contributed by atoms with van der Waals surface area (Å²) in [4.78, 5) is 42.8. The van der Waals surface area contributed by atoms with Crippen molar-refractivity contribution in [1.82, 2.24) is 25.4 Å². The predicted molar refractivity (Wildman–Crippen MR) is 123 cm³/mol. The largest absolute Gasteiger partial charge is 0.463 e. The van der Waals surface area contributed by atoms with Gasteiger partial charge in [-0.3, -0.25) is 4.68 Å². The number of hydrogen-bond donors (Lipinski definition) is 2. The minimum atomic E-state index is -0.752. The molecule has 1 aliphatic heterocycles. The molecular formula is C24H25N5O5. The van der Waals surface area contributed by atoms with Crippen molar-refractivity contribution in [3.05, 3.63) is 70.2 Å². The van der Waals surface area contributed by atoms with E-state index in [-0.39, 0.29) is 24.5 Å². The van der Waals surface area contributed by atoms with E-state index in [0.717, 1.165) is 0 Å². The summed E-state index contributed by atoms with van der Waals surface area (Å²) in [6, 6.07) is 9.39. The lowest BCUT2D eigenvalue weighted by atomic mass is 9.95. The number of benzene rings is 1. The van der Waals surface area contributed by atoms with Crippen LogP contribution in [-0.2, 0) is 21.3 Å². The molecule has 1 unspecified atom stereocenters. The van der Waals surface area contributed by atoms with E-state index in [9.17, 15) is 14.4 Å². The molecule has 2 N–H and O–H groups in total. The Morgan fingerprint density at radius 3 is 2.56 bits per heavy atom. The number of fused-ring (bicyclic) bond motifs is 1. The van der Waals surface area contributed by atoms with Crippen LogP contribution < -0.4 is 10.6 Å². The third-order valence-corrected chi connectivity index (χ3v) is 5.45. The molecule has 0 aliphatic carbocycles. The van der Waals surface area contributed by atoms with Crippen molar-refractivity contribution in [3.8, 4) is 0 Å². The Morgan fingerprint density at radius 2 is 1.85 bits per heavy atom. The molecule has 0 bridgehead atoms. The maximum absolute atomic E-state index is 13.1. The van der Waals surface area contributed by atoms with Gasteiger partial charge < -0.3 is 20.1 Å². The van der Waals surface area contributed by atoms with Gasteiger partial charge in [0.1, 0.15) is 6.61 Å². The number of esters is 2. The van der Waals surface area contributed by atoms with E-state index in [1.807, 2.05) is 6.07 Å². The number of nitrogens with one attached hydrogen (secondary N) is 2. The lowest BCUT2D eigenvalue weighted by molar-refractivity contribution is -0.139. The lowest BCUT2D eigenvalue weighted by Gasteiger charge is -2.29. The van der Waals surface area contributed by atoms with E-state index >= 15 is 0 Å². The number of nitrogens with zero attached hydrogens (tertiary/aromatic N) is 3. The van der Waals surface area contributed by atoms with Gasteiger partial charge in [0.05, 0.1) is 40.6 Å². The first-order valence-corrected chi connectivity index (χ1v) is 10.8. The number of rotatable bonds is 6. The second kappa shape index (κ2) is 9.34. The summed E-state index contributed by atoms with van der Waals surface area (Å²) in [5.74, 6) is -1.23. The normalized spacial score (nSPS) is 15.6. The SMILES string of the molecule is CCOC(=O)C1=C(COC(=O)c2cc(C)nc3c2c(C)nn3C)NC(=O)NC1c1ccccc1. The van der Waals surface area contributed by atoms with Gasteiger partial charge >= 0.3 is 18.0 Å². The molecule has 176 valence electrons. The molecule has 0 saturated heterocycles. The Bertz CT molecular complexity index is 1310. The van der Waals surface area contributed by atoms with Crippen LogP contribution in [0.4, 0.5) is 4.79 Å². The zero-order chi connectivity index (χ0) is 24.4. The molecule has 3 aromatic rings. The van der Waals surface area contributed by atoms with Crippen molar-refractivity contribution in [2.24, 2.45) is 7.05 Å². The van der Waals surface area contributed by atoms with Gasteiger partial charge in [0.25, 0.3) is 0 Å². The summed E-state index contributed by atoms with van der Waals surface area (Å²) in [7, 11) is 1.75. The molecule has 2 amide bonds. The van der Waals surface area contributed by atoms with Crippen LogP contribution in [0.3, 0.4) is 0 Å². The number of aryl methyl sites for hydroxylation is 3. The van der Waals surface area contributed by atoms with Gasteiger partial charge in [-0.15, -0.1) is 0 Å². The van der Waals surface area contributed by atoms with E-state index in [4.69, 9.17) is 9.47 Å². The number of pyridine rings is 1. The Kier molecular flexibility index (Phi) is 6.31. The zero-order valence-corrected chi connectivity index (χ0v) is 19.3. The van der Waals surface area contributed by atoms with Gasteiger partial charge in [-0.1, -0.05) is 30.3 Å². The fraction of sp³-hybridized carbons (Fsp3) is 0.292. The highest BCUT2D eigenvalue weighted by atomic mass is 16.5. The number of aromatic nitrogens is 3. The first-order chi connectivity index (χ1) is 16.3. The first-order valence-electron chi connectivity index (χ1n) is 10.8. The molecule has 0 spiro atoms. The highest BCUT2D eigenvalue weighted by molar-refractivity contribution is 6.04. The van der Waals surface area contributed by atoms with Gasteiger partial charge in [0, 0.05) is 12.7 Å². The standard InChI is InChI=1S/C24H25N5O5/c1-5-33-23(31)19-17(26-24(32)27-20(19)15-9-7-6-8-10-15)12-34-22(30)16-11-13(2)25-21-18(16)14(3)28-29(21)4/h6-11,20H,5,12H2,1-4H3,(H2,26,27,32). The summed E-state index contributed by atoms with van der Waals surface area (Å²) < 4.78 is 12.4. The van der Waals surface area contributed by atoms with Crippen molar-refractivity contribution in [2.75, 3.05) is 13.2 Å². The van der Waals surface area contributed by atoms with Gasteiger partial charge in [0.2, 0.25) is 0 Å². The van der Waals surface area contributed by atoms with Crippen molar-refractivity contribution in [1.29, 1.82) is 0 Å². The quantitative estimate of drug-likeness (QED) is 0.539. The molecule has 10 heteroatoms. The van der Waals surface area contributed by atoms with Gasteiger partial charge in [-0.05, 0) is 32.4 Å². The lowest BCUT2D eigenvalue weighted by Crippen LogP contribution is -2.47. The summed E-state index contributed by atoms with van der Waals surface area (Å²) in [6.45, 7) is 5.08. The number of carbonyl (C=O) groups is 3. The Hall–Kier alpha value is -4.21. The molecule has 3 heterocycles. The average Bonchev–Trinajstić information content (AvgIpc) is 3.10. The van der Waals surface area contributed by atoms with Crippen LogP contribution in [-0.4, -0.2) is 45.9 Å². The van der Waals surface area contributed by atoms with Crippen LogP contribution in [0, 0.1) is 13.8 Å². The smallest absolute Gasteiger partial charge is 0.339 e. The Balaban J connectivity index is 1.69. The first kappa shape index (κ1) is 23.0. The van der Waals surface area contributed by atoms with Crippen LogP contribution in [0.25, 0.3) is 11.0 Å². The molecule has 2 aromatic heterocycles. The van der Waals surface area contributed by atoms with Gasteiger partial charge in [0.15, 0.2) is 5.65 Å². The number of urea groups is 1. The second-order valence-electron chi connectivity index (χ2n) is 7.85. The molecule has 4 rings (SSSR count). The van der Waals surface area contributed by atoms with Gasteiger partial charge in [-0.2, -0.15) is 5.10 Å². The van der Waals surface area contributed by atoms with Crippen LogP contribution >= 0.6 is 0 Å². The van der Waals surface area contributed by atoms with E-state index in [1.54, 1.807) is 62.8 Å². The topological polar surface area (TPSA) is 124 Å². The van der Waals surface area contributed by atoms with Crippen molar-refractivity contribution in [2.45, 2.75) is 26.8 Å². The van der Waals surface area contributed by atoms with E-state index in [0.29, 0.717) is 33.5 Å². The molecule has 1 atom stereocenters. The van der Waals surface area contributed by atoms with E-state index in [2.05, 4.69) is 20.7 Å². The summed E-state index contributed by atoms with van der Waals surface area (Å²) in [5, 5.41) is 10.3. The average molecular weight is 463 g/mol. The fourth-order valence-corrected chi connectivity index (χ4v) is 4.02. The summed E-state index contributed by atoms with van der Waals surface area (Å²) in [5.41, 5.74) is 3.18. The fourth-order valence-electron chi connectivity index (χ4n) is 4.02. The van der Waals surface area contributed by atoms with Crippen LogP contribution in [0.1, 0.15) is 40.3 Å². The zero-order valence-electron chi connectivity index (χ0n) is 19.3. The van der Waals surface area contributed by atoms with Crippen LogP contribution in [0.15, 0.2) is 47.7 Å². The molecule has 34 heavy (non-hydrogen) atoms. The van der Waals surface area contributed by atoms with Crippen molar-refractivity contribution in [3.63, 3.8) is 0 Å². The van der Waals surface area contributed by atoms with Crippen LogP contribution in [0.5, 0.6) is 0 Å². The molecule has 1 aliphatic rings. The monoisotopic (exact) mass is 463 g/mol. The predicted octanol–water partition coefficient (Wildman–Crippen LogP) is 2.61. The summed E-state index contributed by atoms with van der Waals surface area (Å²) >= 11 is 0. The molecule has 1 aromatic carbocycles. The maximum Gasteiger partial charge on any atom is 0.339 e. The Morgan fingerprint density at radius 1 is 1.12 bits per heavy atom. The molecule has 10 nitrogen and oxygen atoms in total. The van der Waals surface area contributed by atoms with Gasteiger partial charge in [-0.25, -0.2) is 19.4 Å². The second-order valence-corrected chi connectivity index (χ2v) is 7.85. The third-order valence-electron chi connectivity index (χ3n) is 5.45. The minimum Gasteiger partial charge on any atom is -0.463 e. The van der Waals surface area contributed by atoms with E-state index < -0.39 is 24.0 Å². The van der Waals surface area contributed by atoms with Crippen LogP contribution in [0.2, 0.25) is 0 Å².